The molecule has 0 amide bonds. The van der Waals surface area contributed by atoms with Gasteiger partial charge in [-0.2, -0.15) is 0 Å². The van der Waals surface area contributed by atoms with Crippen molar-refractivity contribution >= 4 is 16.9 Å². The first-order chi connectivity index (χ1) is 7.31. The lowest BCUT2D eigenvalue weighted by molar-refractivity contribution is 0.0601. The second kappa shape index (κ2) is 5.20. The number of aromatic nitrogens is 1. The largest absolute Gasteiger partial charge is 0.465 e. The summed E-state index contributed by atoms with van der Waals surface area (Å²) < 4.78 is 4.61. The zero-order valence-electron chi connectivity index (χ0n) is 9.20. The molecule has 3 heteroatoms. The number of esters is 1. The van der Waals surface area contributed by atoms with Crippen LogP contribution in [0.2, 0.25) is 0 Å². The standard InChI is InChI=1S/C10H9NO2.C2H6/c1-13-10(12)8-3-2-7-4-5-11-9(7)6-8;1-2/h2-6,11H,1H3;1-2H3. The van der Waals surface area contributed by atoms with Crippen LogP contribution in [-0.4, -0.2) is 18.1 Å². The molecule has 3 nitrogen and oxygen atoms in total. The van der Waals surface area contributed by atoms with Crippen molar-refractivity contribution < 1.29 is 9.53 Å². The number of carbonyl (C=O) groups is 1. The van der Waals surface area contributed by atoms with Crippen molar-refractivity contribution in [1.29, 1.82) is 0 Å². The first-order valence-corrected chi connectivity index (χ1v) is 4.97. The lowest BCUT2D eigenvalue weighted by Crippen LogP contribution is -2.00. The monoisotopic (exact) mass is 205 g/mol. The van der Waals surface area contributed by atoms with Gasteiger partial charge in [-0.3, -0.25) is 0 Å². The third-order valence-electron chi connectivity index (χ3n) is 1.98. The van der Waals surface area contributed by atoms with E-state index in [0.29, 0.717) is 5.56 Å². The first kappa shape index (κ1) is 11.3. The Bertz CT molecular complexity index is 446. The lowest BCUT2D eigenvalue weighted by Gasteiger charge is -1.98. The van der Waals surface area contributed by atoms with Crippen LogP contribution in [0.4, 0.5) is 0 Å². The van der Waals surface area contributed by atoms with E-state index >= 15 is 0 Å². The van der Waals surface area contributed by atoms with E-state index in [-0.39, 0.29) is 5.97 Å². The molecular formula is C12H15NO2. The average Bonchev–Trinajstić information content (AvgIpc) is 2.77. The molecule has 0 bridgehead atoms. The molecular weight excluding hydrogens is 190 g/mol. The number of carbonyl (C=O) groups excluding carboxylic acids is 1. The number of methoxy groups -OCH3 is 1. The van der Waals surface area contributed by atoms with Crippen LogP contribution in [0.1, 0.15) is 24.2 Å². The summed E-state index contributed by atoms with van der Waals surface area (Å²) in [5.41, 5.74) is 1.51. The van der Waals surface area contributed by atoms with Gasteiger partial charge >= 0.3 is 5.97 Å². The topological polar surface area (TPSA) is 42.1 Å². The minimum atomic E-state index is -0.309. The van der Waals surface area contributed by atoms with Crippen molar-refractivity contribution in [1.82, 2.24) is 4.98 Å². The normalized spacial score (nSPS) is 9.27. The van der Waals surface area contributed by atoms with Gasteiger partial charge in [0.15, 0.2) is 0 Å². The smallest absolute Gasteiger partial charge is 0.337 e. The van der Waals surface area contributed by atoms with E-state index in [2.05, 4.69) is 9.72 Å². The molecule has 0 aliphatic rings. The summed E-state index contributed by atoms with van der Waals surface area (Å²) in [7, 11) is 1.38. The summed E-state index contributed by atoms with van der Waals surface area (Å²) in [5, 5.41) is 1.09. The third kappa shape index (κ3) is 2.37. The minimum Gasteiger partial charge on any atom is -0.465 e. The fourth-order valence-corrected chi connectivity index (χ4v) is 1.29. The van der Waals surface area contributed by atoms with E-state index < -0.39 is 0 Å². The Hall–Kier alpha value is -1.77. The zero-order chi connectivity index (χ0) is 11.3. The molecule has 80 valence electrons. The van der Waals surface area contributed by atoms with E-state index in [1.54, 1.807) is 12.1 Å². The highest BCUT2D eigenvalue weighted by molar-refractivity contribution is 5.94. The van der Waals surface area contributed by atoms with Crippen molar-refractivity contribution in [3.05, 3.63) is 36.0 Å². The lowest BCUT2D eigenvalue weighted by atomic mass is 10.2. The molecule has 2 aromatic rings. The summed E-state index contributed by atoms with van der Waals surface area (Å²) in [6, 6.07) is 7.37. The van der Waals surface area contributed by atoms with Crippen LogP contribution < -0.4 is 0 Å². The summed E-state index contributed by atoms with van der Waals surface area (Å²) in [4.78, 5) is 14.2. The summed E-state index contributed by atoms with van der Waals surface area (Å²) in [6.45, 7) is 4.00. The number of nitrogens with one attached hydrogen (secondary N) is 1. The molecule has 0 spiro atoms. The van der Waals surface area contributed by atoms with Crippen molar-refractivity contribution in [2.75, 3.05) is 7.11 Å². The van der Waals surface area contributed by atoms with Gasteiger partial charge in [-0.25, -0.2) is 4.79 Å². The van der Waals surface area contributed by atoms with Gasteiger partial charge in [0.25, 0.3) is 0 Å². The number of ether oxygens (including phenoxy) is 1. The van der Waals surface area contributed by atoms with Gasteiger partial charge in [0, 0.05) is 11.7 Å². The fourth-order valence-electron chi connectivity index (χ4n) is 1.29. The number of hydrogen-bond acceptors (Lipinski definition) is 2. The number of H-pyrrole nitrogens is 1. The van der Waals surface area contributed by atoms with E-state index in [1.165, 1.54) is 7.11 Å². The van der Waals surface area contributed by atoms with Crippen LogP contribution in [0, 0.1) is 0 Å². The average molecular weight is 205 g/mol. The molecule has 0 unspecified atom stereocenters. The summed E-state index contributed by atoms with van der Waals surface area (Å²) >= 11 is 0. The summed E-state index contributed by atoms with van der Waals surface area (Å²) in [5.74, 6) is -0.309. The van der Waals surface area contributed by atoms with Gasteiger partial charge in [-0.05, 0) is 23.6 Å². The maximum atomic E-state index is 11.1. The fraction of sp³-hybridized carbons (Fsp3) is 0.250. The van der Waals surface area contributed by atoms with Gasteiger partial charge in [-0.15, -0.1) is 0 Å². The molecule has 1 aromatic heterocycles. The van der Waals surface area contributed by atoms with Crippen molar-refractivity contribution in [3.8, 4) is 0 Å². The third-order valence-corrected chi connectivity index (χ3v) is 1.98. The Labute approximate surface area is 89.1 Å². The van der Waals surface area contributed by atoms with Crippen LogP contribution in [0.25, 0.3) is 10.9 Å². The summed E-state index contributed by atoms with van der Waals surface area (Å²) in [6.07, 6.45) is 1.84. The van der Waals surface area contributed by atoms with Crippen molar-refractivity contribution in [2.24, 2.45) is 0 Å². The molecule has 0 saturated heterocycles. The molecule has 15 heavy (non-hydrogen) atoms. The molecule has 1 aromatic carbocycles. The Morgan fingerprint density at radius 1 is 1.27 bits per heavy atom. The van der Waals surface area contributed by atoms with Gasteiger partial charge in [0.1, 0.15) is 0 Å². The molecule has 0 radical (unpaired) electrons. The Balaban J connectivity index is 0.000000531. The van der Waals surface area contributed by atoms with Gasteiger partial charge < -0.3 is 9.72 Å². The Morgan fingerprint density at radius 3 is 2.67 bits per heavy atom. The van der Waals surface area contributed by atoms with Gasteiger partial charge in [0.05, 0.1) is 12.7 Å². The second-order valence-corrected chi connectivity index (χ2v) is 2.77. The molecule has 1 heterocycles. The van der Waals surface area contributed by atoms with Crippen LogP contribution in [-0.2, 0) is 4.74 Å². The second-order valence-electron chi connectivity index (χ2n) is 2.77. The number of hydrogen-bond donors (Lipinski definition) is 1. The quantitative estimate of drug-likeness (QED) is 0.727. The SMILES string of the molecule is CC.COC(=O)c1ccc2cc[nH]c2c1. The predicted octanol–water partition coefficient (Wildman–Crippen LogP) is 2.98. The molecule has 0 saturated carbocycles. The number of rotatable bonds is 1. The van der Waals surface area contributed by atoms with Crippen LogP contribution in [0.3, 0.4) is 0 Å². The highest BCUT2D eigenvalue weighted by Crippen LogP contribution is 2.14. The van der Waals surface area contributed by atoms with Crippen molar-refractivity contribution in [3.63, 3.8) is 0 Å². The molecule has 0 aliphatic heterocycles. The predicted molar refractivity (Wildman–Crippen MR) is 61.0 cm³/mol. The number of aromatic amines is 1. The molecule has 0 fully saturated rings. The van der Waals surface area contributed by atoms with Gasteiger partial charge in [-0.1, -0.05) is 19.9 Å². The van der Waals surface area contributed by atoms with Crippen molar-refractivity contribution in [2.45, 2.75) is 13.8 Å². The maximum Gasteiger partial charge on any atom is 0.337 e. The Morgan fingerprint density at radius 2 is 2.00 bits per heavy atom. The van der Waals surface area contributed by atoms with E-state index in [1.807, 2.05) is 32.2 Å². The maximum absolute atomic E-state index is 11.1. The van der Waals surface area contributed by atoms with E-state index in [4.69, 9.17) is 0 Å². The highest BCUT2D eigenvalue weighted by atomic mass is 16.5. The number of fused-ring (bicyclic) bond motifs is 1. The minimum absolute atomic E-state index is 0.309. The van der Waals surface area contributed by atoms with Crippen LogP contribution in [0.5, 0.6) is 0 Å². The molecule has 0 aliphatic carbocycles. The van der Waals surface area contributed by atoms with E-state index in [0.717, 1.165) is 10.9 Å². The highest BCUT2D eigenvalue weighted by Gasteiger charge is 2.05. The molecule has 1 N–H and O–H groups in total. The van der Waals surface area contributed by atoms with Crippen LogP contribution in [0.15, 0.2) is 30.5 Å². The zero-order valence-corrected chi connectivity index (χ0v) is 9.20. The Kier molecular flexibility index (Phi) is 3.92. The van der Waals surface area contributed by atoms with Crippen LogP contribution >= 0.6 is 0 Å². The number of benzene rings is 1. The van der Waals surface area contributed by atoms with E-state index in [9.17, 15) is 4.79 Å². The molecule has 2 rings (SSSR count). The molecule has 0 atom stereocenters. The van der Waals surface area contributed by atoms with Gasteiger partial charge in [0.2, 0.25) is 0 Å². The first-order valence-electron chi connectivity index (χ1n) is 4.97.